The van der Waals surface area contributed by atoms with E-state index in [9.17, 15) is 14.7 Å². The number of amides is 1. The Kier molecular flexibility index (Phi) is 5.07. The van der Waals surface area contributed by atoms with Crippen molar-refractivity contribution >= 4 is 28.5 Å². The van der Waals surface area contributed by atoms with Crippen LogP contribution in [0.15, 0.2) is 64.8 Å². The smallest absolute Gasteiger partial charge is 0.325 e. The van der Waals surface area contributed by atoms with E-state index in [0.717, 1.165) is 5.56 Å². The van der Waals surface area contributed by atoms with Crippen LogP contribution in [0, 0.1) is 0 Å². The number of carbonyl (C=O) groups excluding carboxylic acids is 2. The number of hydrogen-bond acceptors (Lipinski definition) is 5. The highest BCUT2D eigenvalue weighted by molar-refractivity contribution is 5.96. The first-order valence-corrected chi connectivity index (χ1v) is 7.95. The van der Waals surface area contributed by atoms with Gasteiger partial charge < -0.3 is 9.84 Å². The van der Waals surface area contributed by atoms with Gasteiger partial charge in [-0.1, -0.05) is 48.5 Å². The third-order valence-electron chi connectivity index (χ3n) is 3.89. The molecule has 0 saturated heterocycles. The summed E-state index contributed by atoms with van der Waals surface area (Å²) in [5, 5.41) is 18.7. The first-order valence-electron chi connectivity index (χ1n) is 7.95. The van der Waals surface area contributed by atoms with Crippen LogP contribution < -0.4 is 0 Å². The number of benzene rings is 2. The Morgan fingerprint density at radius 1 is 1.08 bits per heavy atom. The number of hydrogen-bond donors (Lipinski definition) is 1. The fraction of sp³-hybridized carbons (Fsp3) is 0.158. The molecule has 26 heavy (non-hydrogen) atoms. The largest absolute Gasteiger partial charge is 0.493 e. The van der Waals surface area contributed by atoms with E-state index in [1.165, 1.54) is 11.7 Å². The number of fused-ring (bicyclic) bond motifs is 1. The normalized spacial score (nSPS) is 11.1. The lowest BCUT2D eigenvalue weighted by atomic mass is 10.1. The second-order valence-electron chi connectivity index (χ2n) is 5.61. The topological polar surface area (TPSA) is 93.2 Å². The predicted molar refractivity (Wildman–Crippen MR) is 95.3 cm³/mol. The van der Waals surface area contributed by atoms with Crippen molar-refractivity contribution < 1.29 is 19.4 Å². The highest BCUT2D eigenvalue weighted by atomic mass is 16.5. The Bertz CT molecular complexity index is 977. The molecule has 3 rings (SSSR count). The van der Waals surface area contributed by atoms with E-state index in [1.807, 2.05) is 30.3 Å². The van der Waals surface area contributed by atoms with Gasteiger partial charge in [-0.3, -0.25) is 14.2 Å². The highest BCUT2D eigenvalue weighted by Crippen LogP contribution is 2.38. The standard InChI is InChI=1S/C19H17N3O4/c1-26-17(24)12-22-15-10-6-5-9-14(15)18(19(22)25)21-20-16(23)11-13-7-3-2-4-8-13/h2-10,25H,11-12H2,1H3. The Morgan fingerprint density at radius 2 is 1.77 bits per heavy atom. The Morgan fingerprint density at radius 3 is 2.50 bits per heavy atom. The number of rotatable bonds is 5. The summed E-state index contributed by atoms with van der Waals surface area (Å²) in [6.07, 6.45) is 0.117. The summed E-state index contributed by atoms with van der Waals surface area (Å²) in [6, 6.07) is 16.2. The molecule has 1 aromatic heterocycles. The third-order valence-corrected chi connectivity index (χ3v) is 3.89. The fourth-order valence-corrected chi connectivity index (χ4v) is 2.64. The van der Waals surface area contributed by atoms with Gasteiger partial charge in [-0.2, -0.15) is 0 Å². The zero-order valence-corrected chi connectivity index (χ0v) is 14.1. The number of methoxy groups -OCH3 is 1. The maximum Gasteiger partial charge on any atom is 0.325 e. The van der Waals surface area contributed by atoms with Crippen molar-refractivity contribution in [2.45, 2.75) is 13.0 Å². The van der Waals surface area contributed by atoms with E-state index in [0.29, 0.717) is 10.9 Å². The molecular weight excluding hydrogens is 334 g/mol. The van der Waals surface area contributed by atoms with E-state index in [1.54, 1.807) is 24.3 Å². The summed E-state index contributed by atoms with van der Waals surface area (Å²) < 4.78 is 6.03. The van der Waals surface area contributed by atoms with Crippen LogP contribution in [0.5, 0.6) is 5.88 Å². The minimum atomic E-state index is -0.510. The minimum absolute atomic E-state index is 0.117. The summed E-state index contributed by atoms with van der Waals surface area (Å²) in [5.74, 6) is -1.18. The number of azo groups is 1. The van der Waals surface area contributed by atoms with E-state index < -0.39 is 11.9 Å². The van der Waals surface area contributed by atoms with Crippen molar-refractivity contribution in [3.63, 3.8) is 0 Å². The van der Waals surface area contributed by atoms with Gasteiger partial charge in [0.05, 0.1) is 19.0 Å². The van der Waals surface area contributed by atoms with Gasteiger partial charge in [0.1, 0.15) is 6.54 Å². The third kappa shape index (κ3) is 3.61. The van der Waals surface area contributed by atoms with Crippen LogP contribution in [-0.4, -0.2) is 28.7 Å². The lowest BCUT2D eigenvalue weighted by molar-refractivity contribution is -0.141. The first-order chi connectivity index (χ1) is 12.6. The van der Waals surface area contributed by atoms with Crippen molar-refractivity contribution in [3.05, 3.63) is 60.2 Å². The summed E-state index contributed by atoms with van der Waals surface area (Å²) in [5.41, 5.74) is 1.57. The molecule has 0 fully saturated rings. The van der Waals surface area contributed by atoms with Crippen LogP contribution in [0.25, 0.3) is 10.9 Å². The van der Waals surface area contributed by atoms with Gasteiger partial charge in [-0.25, -0.2) is 0 Å². The maximum atomic E-state index is 12.0. The number of esters is 1. The molecule has 2 aromatic carbocycles. The first kappa shape index (κ1) is 17.3. The van der Waals surface area contributed by atoms with Gasteiger partial charge in [0.2, 0.25) is 5.88 Å². The predicted octanol–water partition coefficient (Wildman–Crippen LogP) is 3.37. The molecule has 3 aromatic rings. The second-order valence-corrected chi connectivity index (χ2v) is 5.61. The van der Waals surface area contributed by atoms with Crippen LogP contribution in [0.4, 0.5) is 5.69 Å². The van der Waals surface area contributed by atoms with Gasteiger partial charge in [0, 0.05) is 5.39 Å². The molecule has 0 aliphatic carbocycles. The van der Waals surface area contributed by atoms with Crippen LogP contribution in [0.1, 0.15) is 5.56 Å². The molecule has 7 heteroatoms. The average Bonchev–Trinajstić information content (AvgIpc) is 2.92. The quantitative estimate of drug-likeness (QED) is 0.563. The number of para-hydroxylation sites is 1. The van der Waals surface area contributed by atoms with Crippen molar-refractivity contribution in [1.82, 2.24) is 4.57 Å². The zero-order valence-electron chi connectivity index (χ0n) is 14.1. The number of carbonyl (C=O) groups is 2. The Balaban J connectivity index is 1.91. The Labute approximate surface area is 149 Å². The molecule has 7 nitrogen and oxygen atoms in total. The molecule has 0 unspecified atom stereocenters. The monoisotopic (exact) mass is 351 g/mol. The molecule has 1 amide bonds. The summed E-state index contributed by atoms with van der Waals surface area (Å²) in [4.78, 5) is 23.6. The van der Waals surface area contributed by atoms with Gasteiger partial charge in [0.15, 0.2) is 5.69 Å². The van der Waals surface area contributed by atoms with Crippen molar-refractivity contribution in [1.29, 1.82) is 0 Å². The molecule has 0 aliphatic heterocycles. The molecule has 132 valence electrons. The lowest BCUT2D eigenvalue weighted by Crippen LogP contribution is -2.10. The Hall–Kier alpha value is -3.48. The molecule has 1 heterocycles. The lowest BCUT2D eigenvalue weighted by Gasteiger charge is -2.04. The second kappa shape index (κ2) is 7.60. The fourth-order valence-electron chi connectivity index (χ4n) is 2.64. The zero-order chi connectivity index (χ0) is 18.5. The molecule has 0 spiro atoms. The minimum Gasteiger partial charge on any atom is -0.493 e. The molecule has 0 atom stereocenters. The maximum absolute atomic E-state index is 12.0. The number of aromatic hydroxyl groups is 1. The number of nitrogens with zero attached hydrogens (tertiary/aromatic N) is 3. The number of ether oxygens (including phenoxy) is 1. The van der Waals surface area contributed by atoms with Crippen molar-refractivity contribution in [2.75, 3.05) is 7.11 Å². The highest BCUT2D eigenvalue weighted by Gasteiger charge is 2.18. The average molecular weight is 351 g/mol. The molecule has 0 saturated carbocycles. The van der Waals surface area contributed by atoms with Crippen molar-refractivity contribution in [2.24, 2.45) is 10.2 Å². The molecule has 1 N–H and O–H groups in total. The van der Waals surface area contributed by atoms with E-state index in [-0.39, 0.29) is 24.5 Å². The van der Waals surface area contributed by atoms with Gasteiger partial charge in [0.25, 0.3) is 5.91 Å². The summed E-state index contributed by atoms with van der Waals surface area (Å²) in [7, 11) is 1.27. The van der Waals surface area contributed by atoms with Gasteiger partial charge >= 0.3 is 5.97 Å². The molecule has 0 aliphatic rings. The SMILES string of the molecule is COC(=O)Cn1c(O)c(N=NC(=O)Cc2ccccc2)c2ccccc21. The van der Waals surface area contributed by atoms with Crippen LogP contribution in [-0.2, 0) is 27.3 Å². The van der Waals surface area contributed by atoms with Crippen LogP contribution >= 0.6 is 0 Å². The van der Waals surface area contributed by atoms with Gasteiger partial charge in [-0.05, 0) is 11.6 Å². The van der Waals surface area contributed by atoms with Crippen molar-refractivity contribution in [3.8, 4) is 5.88 Å². The summed E-state index contributed by atoms with van der Waals surface area (Å²) >= 11 is 0. The van der Waals surface area contributed by atoms with Crippen LogP contribution in [0.2, 0.25) is 0 Å². The van der Waals surface area contributed by atoms with E-state index in [2.05, 4.69) is 15.0 Å². The van der Waals surface area contributed by atoms with E-state index >= 15 is 0 Å². The van der Waals surface area contributed by atoms with E-state index in [4.69, 9.17) is 0 Å². The molecule has 0 bridgehead atoms. The summed E-state index contributed by atoms with van der Waals surface area (Å²) in [6.45, 7) is -0.170. The van der Waals surface area contributed by atoms with Crippen LogP contribution in [0.3, 0.4) is 0 Å². The molecule has 0 radical (unpaired) electrons. The van der Waals surface area contributed by atoms with Gasteiger partial charge in [-0.15, -0.1) is 10.2 Å². The molecular formula is C19H17N3O4. The number of aromatic nitrogens is 1.